The Hall–Kier alpha value is -0.890. The molecule has 0 spiro atoms. The molecule has 3 nitrogen and oxygen atoms in total. The van der Waals surface area contributed by atoms with Crippen molar-refractivity contribution >= 4 is 11.3 Å². The Morgan fingerprint density at radius 3 is 3.00 bits per heavy atom. The second-order valence-electron chi connectivity index (χ2n) is 2.47. The van der Waals surface area contributed by atoms with E-state index in [1.54, 1.807) is 6.07 Å². The number of aliphatic hydroxyl groups excluding tert-OH is 1. The molecule has 1 heterocycles. The lowest BCUT2D eigenvalue weighted by molar-refractivity contribution is 0.276. The normalized spacial score (nSPS) is 12.4. The van der Waals surface area contributed by atoms with Gasteiger partial charge in [-0.1, -0.05) is 0 Å². The first kappa shape index (κ1) is 9.20. The molecule has 12 heavy (non-hydrogen) atoms. The Balaban J connectivity index is 2.69. The number of rotatable bonds is 3. The summed E-state index contributed by atoms with van der Waals surface area (Å²) in [6, 6.07) is 3.67. The molecule has 0 amide bonds. The van der Waals surface area contributed by atoms with Gasteiger partial charge in [-0.15, -0.1) is 11.3 Å². The summed E-state index contributed by atoms with van der Waals surface area (Å²) in [5, 5.41) is 19.0. The third-order valence-electron chi connectivity index (χ3n) is 1.60. The van der Waals surface area contributed by atoms with E-state index in [9.17, 15) is 0 Å². The van der Waals surface area contributed by atoms with Crippen molar-refractivity contribution in [2.45, 2.75) is 12.5 Å². The van der Waals surface area contributed by atoms with E-state index in [-0.39, 0.29) is 12.6 Å². The van der Waals surface area contributed by atoms with Crippen LogP contribution in [0.25, 0.3) is 0 Å². The fraction of sp³-hybridized carbons (Fsp3) is 0.375. The number of nitrogens with zero attached hydrogens (tertiary/aromatic N) is 1. The van der Waals surface area contributed by atoms with Crippen molar-refractivity contribution < 1.29 is 5.11 Å². The van der Waals surface area contributed by atoms with Crippen molar-refractivity contribution in [3.05, 3.63) is 21.9 Å². The molecule has 0 bridgehead atoms. The molecule has 0 aliphatic rings. The van der Waals surface area contributed by atoms with Crippen LogP contribution in [0.3, 0.4) is 0 Å². The standard InChI is InChI=1S/C8H10N2OS/c9-4-7-3-6(5-12-7)8(10)1-2-11/h3,5,8,11H,1-2,10H2/t8-/m1/s1. The van der Waals surface area contributed by atoms with Gasteiger partial charge in [-0.2, -0.15) is 5.26 Å². The van der Waals surface area contributed by atoms with Crippen molar-refractivity contribution in [3.8, 4) is 6.07 Å². The van der Waals surface area contributed by atoms with Crippen LogP contribution in [0, 0.1) is 11.3 Å². The van der Waals surface area contributed by atoms with E-state index in [0.717, 1.165) is 5.56 Å². The van der Waals surface area contributed by atoms with Crippen LogP contribution in [0.5, 0.6) is 0 Å². The summed E-state index contributed by atoms with van der Waals surface area (Å²) < 4.78 is 0. The molecule has 64 valence electrons. The van der Waals surface area contributed by atoms with Gasteiger partial charge in [0.2, 0.25) is 0 Å². The average Bonchev–Trinajstić information content (AvgIpc) is 2.52. The van der Waals surface area contributed by atoms with E-state index in [1.165, 1.54) is 11.3 Å². The minimum absolute atomic E-state index is 0.0822. The Morgan fingerprint density at radius 2 is 2.50 bits per heavy atom. The predicted octanol–water partition coefficient (Wildman–Crippen LogP) is 1.00. The van der Waals surface area contributed by atoms with Gasteiger partial charge in [0.25, 0.3) is 0 Å². The summed E-state index contributed by atoms with van der Waals surface area (Å²) in [7, 11) is 0. The van der Waals surface area contributed by atoms with Crippen LogP contribution in [0.1, 0.15) is 22.9 Å². The Kier molecular flexibility index (Phi) is 3.23. The summed E-state index contributed by atoms with van der Waals surface area (Å²) in [4.78, 5) is 0.665. The minimum Gasteiger partial charge on any atom is -0.396 e. The topological polar surface area (TPSA) is 70.0 Å². The van der Waals surface area contributed by atoms with Gasteiger partial charge in [-0.05, 0) is 23.4 Å². The highest BCUT2D eigenvalue weighted by molar-refractivity contribution is 7.10. The maximum absolute atomic E-state index is 8.62. The fourth-order valence-corrected chi connectivity index (χ4v) is 1.67. The molecule has 0 aliphatic heterocycles. The third-order valence-corrected chi connectivity index (χ3v) is 2.45. The summed E-state index contributed by atoms with van der Waals surface area (Å²) in [5.74, 6) is 0. The maximum Gasteiger partial charge on any atom is 0.110 e. The Morgan fingerprint density at radius 1 is 1.75 bits per heavy atom. The molecule has 1 rings (SSSR count). The lowest BCUT2D eigenvalue weighted by Gasteiger charge is -2.05. The quantitative estimate of drug-likeness (QED) is 0.732. The van der Waals surface area contributed by atoms with Gasteiger partial charge in [0.05, 0.1) is 0 Å². The molecule has 0 fully saturated rings. The number of thiophene rings is 1. The summed E-state index contributed by atoms with van der Waals surface area (Å²) in [6.45, 7) is 0.0822. The van der Waals surface area contributed by atoms with Gasteiger partial charge in [0.15, 0.2) is 0 Å². The van der Waals surface area contributed by atoms with Crippen LogP contribution in [0.15, 0.2) is 11.4 Å². The van der Waals surface area contributed by atoms with Crippen LogP contribution < -0.4 is 5.73 Å². The van der Waals surface area contributed by atoms with E-state index in [1.807, 2.05) is 11.4 Å². The Labute approximate surface area is 75.1 Å². The SMILES string of the molecule is N#Cc1cc([C@H](N)CCO)cs1. The number of nitrogens with two attached hydrogens (primary N) is 1. The molecule has 1 aromatic heterocycles. The lowest BCUT2D eigenvalue weighted by Crippen LogP contribution is -2.10. The molecule has 0 unspecified atom stereocenters. The molecule has 1 aromatic rings. The first-order valence-corrected chi connectivity index (χ1v) is 4.51. The van der Waals surface area contributed by atoms with Gasteiger partial charge in [0.1, 0.15) is 10.9 Å². The van der Waals surface area contributed by atoms with Crippen LogP contribution >= 0.6 is 11.3 Å². The smallest absolute Gasteiger partial charge is 0.110 e. The lowest BCUT2D eigenvalue weighted by atomic mass is 10.1. The first-order valence-electron chi connectivity index (χ1n) is 3.63. The Bertz CT molecular complexity index is 289. The zero-order chi connectivity index (χ0) is 8.97. The largest absolute Gasteiger partial charge is 0.396 e. The van der Waals surface area contributed by atoms with E-state index in [0.29, 0.717) is 11.3 Å². The van der Waals surface area contributed by atoms with Crippen molar-refractivity contribution in [1.29, 1.82) is 5.26 Å². The molecule has 0 radical (unpaired) electrons. The summed E-state index contributed by atoms with van der Waals surface area (Å²) >= 11 is 1.38. The zero-order valence-corrected chi connectivity index (χ0v) is 7.34. The molecule has 0 aliphatic carbocycles. The van der Waals surface area contributed by atoms with Gasteiger partial charge in [-0.25, -0.2) is 0 Å². The third kappa shape index (κ3) is 2.05. The van der Waals surface area contributed by atoms with E-state index in [4.69, 9.17) is 16.1 Å². The van der Waals surface area contributed by atoms with Crippen LogP contribution in [-0.2, 0) is 0 Å². The molecule has 1 atom stereocenters. The van der Waals surface area contributed by atoms with Crippen LogP contribution in [0.4, 0.5) is 0 Å². The number of hydrogen-bond acceptors (Lipinski definition) is 4. The summed E-state index contributed by atoms with van der Waals surface area (Å²) in [6.07, 6.45) is 0.543. The highest BCUT2D eigenvalue weighted by Crippen LogP contribution is 2.20. The molecular weight excluding hydrogens is 172 g/mol. The minimum atomic E-state index is -0.145. The number of hydrogen-bond donors (Lipinski definition) is 2. The monoisotopic (exact) mass is 182 g/mol. The maximum atomic E-state index is 8.62. The molecule has 0 aromatic carbocycles. The van der Waals surface area contributed by atoms with E-state index >= 15 is 0 Å². The number of aliphatic hydroxyl groups is 1. The van der Waals surface area contributed by atoms with Crippen molar-refractivity contribution in [2.24, 2.45) is 5.73 Å². The van der Waals surface area contributed by atoms with Gasteiger partial charge >= 0.3 is 0 Å². The van der Waals surface area contributed by atoms with E-state index < -0.39 is 0 Å². The van der Waals surface area contributed by atoms with E-state index in [2.05, 4.69) is 0 Å². The average molecular weight is 182 g/mol. The van der Waals surface area contributed by atoms with Crippen molar-refractivity contribution in [1.82, 2.24) is 0 Å². The van der Waals surface area contributed by atoms with Crippen molar-refractivity contribution in [3.63, 3.8) is 0 Å². The van der Waals surface area contributed by atoms with Gasteiger partial charge in [0, 0.05) is 12.6 Å². The molecular formula is C8H10N2OS. The highest BCUT2D eigenvalue weighted by atomic mass is 32.1. The van der Waals surface area contributed by atoms with Crippen LogP contribution in [0.2, 0.25) is 0 Å². The predicted molar refractivity (Wildman–Crippen MR) is 47.7 cm³/mol. The summed E-state index contributed by atoms with van der Waals surface area (Å²) in [5.41, 5.74) is 6.65. The highest BCUT2D eigenvalue weighted by Gasteiger charge is 2.07. The second-order valence-corrected chi connectivity index (χ2v) is 3.39. The fourth-order valence-electron chi connectivity index (χ4n) is 0.910. The van der Waals surface area contributed by atoms with Gasteiger partial charge in [-0.3, -0.25) is 0 Å². The zero-order valence-electron chi connectivity index (χ0n) is 6.53. The van der Waals surface area contributed by atoms with Gasteiger partial charge < -0.3 is 10.8 Å². The van der Waals surface area contributed by atoms with Crippen LogP contribution in [-0.4, -0.2) is 11.7 Å². The molecule has 3 N–H and O–H groups in total. The molecule has 0 saturated heterocycles. The molecule has 0 saturated carbocycles. The second kappa shape index (κ2) is 4.21. The number of nitriles is 1. The van der Waals surface area contributed by atoms with Crippen molar-refractivity contribution in [2.75, 3.05) is 6.61 Å². The molecule has 4 heteroatoms. The first-order chi connectivity index (χ1) is 5.77.